The Morgan fingerprint density at radius 1 is 1.33 bits per heavy atom. The average Bonchev–Trinajstić information content (AvgIpc) is 2.81. The lowest BCUT2D eigenvalue weighted by Gasteiger charge is -2.30. The maximum atomic E-state index is 13.1. The molecule has 1 aliphatic rings. The van der Waals surface area contributed by atoms with Crippen LogP contribution < -0.4 is 5.32 Å². The van der Waals surface area contributed by atoms with Crippen molar-refractivity contribution in [1.29, 1.82) is 0 Å². The van der Waals surface area contributed by atoms with E-state index in [1.165, 1.54) is 6.07 Å². The van der Waals surface area contributed by atoms with Crippen LogP contribution in [0.15, 0.2) is 12.1 Å². The highest BCUT2D eigenvalue weighted by Crippen LogP contribution is 2.38. The third kappa shape index (κ3) is 3.78. The van der Waals surface area contributed by atoms with Crippen molar-refractivity contribution in [1.82, 2.24) is 14.5 Å². The summed E-state index contributed by atoms with van der Waals surface area (Å²) >= 11 is 0. The molecular formula is C18H23F3N4O2. The zero-order chi connectivity index (χ0) is 20.0. The maximum absolute atomic E-state index is 13.1. The highest BCUT2D eigenvalue weighted by Gasteiger charge is 2.36. The van der Waals surface area contributed by atoms with Crippen LogP contribution >= 0.6 is 0 Å². The maximum Gasteiger partial charge on any atom is 0.433 e. The van der Waals surface area contributed by atoms with E-state index < -0.39 is 29.3 Å². The smallest absolute Gasteiger partial charge is 0.390 e. The Labute approximate surface area is 154 Å². The number of aliphatic hydroxyl groups is 1. The molecule has 148 valence electrons. The predicted molar refractivity (Wildman–Crippen MR) is 94.1 cm³/mol. The number of hydrogen-bond donors (Lipinski definition) is 2. The van der Waals surface area contributed by atoms with Crippen LogP contribution in [0.25, 0.3) is 11.2 Å². The molecule has 0 radical (unpaired) electrons. The van der Waals surface area contributed by atoms with Gasteiger partial charge in [0.05, 0.1) is 11.5 Å². The van der Waals surface area contributed by atoms with E-state index in [-0.39, 0.29) is 17.6 Å². The molecule has 27 heavy (non-hydrogen) atoms. The normalized spacial score (nSPS) is 17.0. The minimum Gasteiger partial charge on any atom is -0.390 e. The molecule has 6 nitrogen and oxygen atoms in total. The molecule has 1 saturated carbocycles. The molecule has 3 rings (SSSR count). The minimum absolute atomic E-state index is 0.0523. The third-order valence-electron chi connectivity index (χ3n) is 5.08. The predicted octanol–water partition coefficient (Wildman–Crippen LogP) is 3.91. The second-order valence-electron chi connectivity index (χ2n) is 7.53. The summed E-state index contributed by atoms with van der Waals surface area (Å²) in [6, 6.07) is 2.10. The Hall–Kier alpha value is -2.16. The van der Waals surface area contributed by atoms with Gasteiger partial charge in [0.2, 0.25) is 11.9 Å². The van der Waals surface area contributed by atoms with E-state index in [1.54, 1.807) is 25.3 Å². The summed E-state index contributed by atoms with van der Waals surface area (Å²) in [5.41, 5.74) is -1.81. The SMILES string of the molecule is CC[C@H](C(=O)Nc1nc2ccc(C(F)(F)F)nc2n1C1CCC1)C(C)(C)O. The zero-order valence-corrected chi connectivity index (χ0v) is 15.5. The number of halogens is 3. The van der Waals surface area contributed by atoms with Crippen molar-refractivity contribution in [3.05, 3.63) is 17.8 Å². The summed E-state index contributed by atoms with van der Waals surface area (Å²) in [4.78, 5) is 20.7. The second-order valence-corrected chi connectivity index (χ2v) is 7.53. The van der Waals surface area contributed by atoms with E-state index in [0.717, 1.165) is 25.3 Å². The summed E-state index contributed by atoms with van der Waals surface area (Å²) in [5.74, 6) is -0.919. The largest absolute Gasteiger partial charge is 0.433 e. The number of imidazole rings is 1. The van der Waals surface area contributed by atoms with Gasteiger partial charge in [-0.05, 0) is 51.7 Å². The lowest BCUT2D eigenvalue weighted by atomic mass is 9.88. The number of rotatable bonds is 5. The molecular weight excluding hydrogens is 361 g/mol. The van der Waals surface area contributed by atoms with Crippen LogP contribution in [0.4, 0.5) is 19.1 Å². The summed E-state index contributed by atoms with van der Waals surface area (Å²) < 4.78 is 40.7. The van der Waals surface area contributed by atoms with Crippen molar-refractivity contribution in [2.75, 3.05) is 5.32 Å². The van der Waals surface area contributed by atoms with E-state index in [9.17, 15) is 23.1 Å². The Bertz CT molecular complexity index is 851. The third-order valence-corrected chi connectivity index (χ3v) is 5.08. The fourth-order valence-electron chi connectivity index (χ4n) is 3.41. The van der Waals surface area contributed by atoms with Crippen LogP contribution in [0, 0.1) is 5.92 Å². The van der Waals surface area contributed by atoms with Crippen molar-refractivity contribution in [3.63, 3.8) is 0 Å². The lowest BCUT2D eigenvalue weighted by Crippen LogP contribution is -2.40. The monoisotopic (exact) mass is 384 g/mol. The zero-order valence-electron chi connectivity index (χ0n) is 15.5. The van der Waals surface area contributed by atoms with Crippen molar-refractivity contribution in [2.24, 2.45) is 5.92 Å². The molecule has 1 aliphatic carbocycles. The molecule has 1 atom stereocenters. The van der Waals surface area contributed by atoms with Crippen LogP contribution in [-0.4, -0.2) is 31.1 Å². The number of anilines is 1. The van der Waals surface area contributed by atoms with Crippen LogP contribution in [0.3, 0.4) is 0 Å². The Kier molecular flexibility index (Phi) is 4.92. The highest BCUT2D eigenvalue weighted by atomic mass is 19.4. The molecule has 0 aliphatic heterocycles. The molecule has 2 N–H and O–H groups in total. The van der Waals surface area contributed by atoms with E-state index in [0.29, 0.717) is 11.9 Å². The first-order valence-corrected chi connectivity index (χ1v) is 9.01. The van der Waals surface area contributed by atoms with Gasteiger partial charge < -0.3 is 5.11 Å². The molecule has 1 amide bonds. The van der Waals surface area contributed by atoms with Gasteiger partial charge in [0.1, 0.15) is 11.2 Å². The highest BCUT2D eigenvalue weighted by molar-refractivity contribution is 5.93. The molecule has 0 bridgehead atoms. The lowest BCUT2D eigenvalue weighted by molar-refractivity contribution is -0.141. The fraction of sp³-hybridized carbons (Fsp3) is 0.611. The number of nitrogens with zero attached hydrogens (tertiary/aromatic N) is 3. The van der Waals surface area contributed by atoms with E-state index in [2.05, 4.69) is 15.3 Å². The number of fused-ring (bicyclic) bond motifs is 1. The van der Waals surface area contributed by atoms with Crippen molar-refractivity contribution in [2.45, 2.75) is 64.3 Å². The van der Waals surface area contributed by atoms with E-state index in [1.807, 2.05) is 0 Å². The van der Waals surface area contributed by atoms with Gasteiger partial charge in [-0.25, -0.2) is 9.97 Å². The molecule has 2 heterocycles. The Morgan fingerprint density at radius 3 is 2.48 bits per heavy atom. The van der Waals surface area contributed by atoms with E-state index in [4.69, 9.17) is 0 Å². The van der Waals surface area contributed by atoms with Crippen LogP contribution in [-0.2, 0) is 11.0 Å². The Morgan fingerprint density at radius 2 is 2.00 bits per heavy atom. The molecule has 0 aromatic carbocycles. The topological polar surface area (TPSA) is 80.0 Å². The van der Waals surface area contributed by atoms with Gasteiger partial charge in [0.25, 0.3) is 0 Å². The van der Waals surface area contributed by atoms with Crippen LogP contribution in [0.2, 0.25) is 0 Å². The first-order chi connectivity index (χ1) is 12.5. The van der Waals surface area contributed by atoms with Gasteiger partial charge in [-0.15, -0.1) is 0 Å². The minimum atomic E-state index is -4.56. The van der Waals surface area contributed by atoms with Crippen molar-refractivity contribution in [3.8, 4) is 0 Å². The molecule has 2 aromatic heterocycles. The van der Waals surface area contributed by atoms with Gasteiger partial charge in [0, 0.05) is 6.04 Å². The number of carbonyl (C=O) groups is 1. The molecule has 0 saturated heterocycles. The average molecular weight is 384 g/mol. The number of pyridine rings is 1. The van der Waals surface area contributed by atoms with Crippen molar-refractivity contribution >= 4 is 23.0 Å². The quantitative estimate of drug-likeness (QED) is 0.819. The number of aromatic nitrogens is 3. The number of amides is 1. The van der Waals surface area contributed by atoms with Gasteiger partial charge >= 0.3 is 6.18 Å². The molecule has 2 aromatic rings. The van der Waals surface area contributed by atoms with Gasteiger partial charge in [-0.1, -0.05) is 6.92 Å². The van der Waals surface area contributed by atoms with Crippen molar-refractivity contribution < 1.29 is 23.1 Å². The molecule has 9 heteroatoms. The number of carbonyl (C=O) groups excluding carboxylic acids is 1. The summed E-state index contributed by atoms with van der Waals surface area (Å²) in [6.45, 7) is 4.88. The summed E-state index contributed by atoms with van der Waals surface area (Å²) in [7, 11) is 0. The number of hydrogen-bond acceptors (Lipinski definition) is 4. The van der Waals surface area contributed by atoms with E-state index >= 15 is 0 Å². The molecule has 0 unspecified atom stereocenters. The first-order valence-electron chi connectivity index (χ1n) is 9.01. The Balaban J connectivity index is 2.03. The molecule has 0 spiro atoms. The van der Waals surface area contributed by atoms with Gasteiger partial charge in [0.15, 0.2) is 5.65 Å². The second kappa shape index (κ2) is 6.78. The fourth-order valence-corrected chi connectivity index (χ4v) is 3.41. The number of nitrogens with one attached hydrogen (secondary N) is 1. The standard InChI is InChI=1S/C18H23F3N4O2/c1-4-11(17(2,3)27)15(26)24-16-22-12-8-9-13(18(19,20)21)23-14(12)25(16)10-6-5-7-10/h8-11,27H,4-7H2,1-3H3,(H,22,24,26)/t11-/m1/s1. The van der Waals surface area contributed by atoms with Crippen LogP contribution in [0.1, 0.15) is 58.2 Å². The van der Waals surface area contributed by atoms with Gasteiger partial charge in [-0.3, -0.25) is 14.7 Å². The molecule has 1 fully saturated rings. The first kappa shape index (κ1) is 19.6. The van der Waals surface area contributed by atoms with Gasteiger partial charge in [-0.2, -0.15) is 13.2 Å². The number of alkyl halides is 3. The van der Waals surface area contributed by atoms with Crippen LogP contribution in [0.5, 0.6) is 0 Å². The summed E-state index contributed by atoms with van der Waals surface area (Å²) in [6.07, 6.45) is -1.61. The summed E-state index contributed by atoms with van der Waals surface area (Å²) in [5, 5.41) is 12.9.